The van der Waals surface area contributed by atoms with Crippen LogP contribution in [0.25, 0.3) is 0 Å². The Morgan fingerprint density at radius 3 is 2.19 bits per heavy atom. The molecule has 2 aromatic carbocycles. The van der Waals surface area contributed by atoms with Crippen molar-refractivity contribution >= 4 is 51.8 Å². The molecule has 1 N–H and O–H groups in total. The summed E-state index contributed by atoms with van der Waals surface area (Å²) in [6, 6.07) is 8.35. The van der Waals surface area contributed by atoms with E-state index in [2.05, 4.69) is 10.3 Å². The van der Waals surface area contributed by atoms with Crippen LogP contribution in [0, 0.1) is 0 Å². The molecule has 0 saturated carbocycles. The summed E-state index contributed by atoms with van der Waals surface area (Å²) in [5, 5.41) is 2.75. The van der Waals surface area contributed by atoms with Crippen molar-refractivity contribution in [1.82, 2.24) is 4.98 Å². The molecule has 1 heterocycles. The number of benzene rings is 2. The zero-order chi connectivity index (χ0) is 19.6. The average Bonchev–Trinajstić information content (AvgIpc) is 3.02. The van der Waals surface area contributed by atoms with E-state index in [1.165, 1.54) is 11.3 Å². The van der Waals surface area contributed by atoms with Crippen molar-refractivity contribution in [2.24, 2.45) is 0 Å². The Labute approximate surface area is 171 Å². The molecule has 0 aliphatic carbocycles. The fourth-order valence-corrected chi connectivity index (χ4v) is 3.62. The van der Waals surface area contributed by atoms with Crippen molar-refractivity contribution in [2.75, 3.05) is 5.32 Å². The van der Waals surface area contributed by atoms with E-state index in [0.717, 1.165) is 22.7 Å². The molecule has 0 aliphatic heterocycles. The van der Waals surface area contributed by atoms with Crippen LogP contribution in [0.4, 0.5) is 18.9 Å². The summed E-state index contributed by atoms with van der Waals surface area (Å²) in [5.74, 6) is 0.344. The van der Waals surface area contributed by atoms with Crippen molar-refractivity contribution in [3.63, 3.8) is 0 Å². The van der Waals surface area contributed by atoms with Crippen LogP contribution in [0.2, 0.25) is 14.5 Å². The second-order valence-electron chi connectivity index (χ2n) is 5.33. The summed E-state index contributed by atoms with van der Waals surface area (Å²) < 4.78 is 44.3. The topological polar surface area (TPSA) is 34.1 Å². The number of hydrogen-bond donors (Lipinski definition) is 1. The molecule has 10 heteroatoms. The number of nitrogens with one attached hydrogen (secondary N) is 1. The highest BCUT2D eigenvalue weighted by Crippen LogP contribution is 2.41. The smallest absolute Gasteiger partial charge is 0.416 e. The van der Waals surface area contributed by atoms with Gasteiger partial charge in [0.15, 0.2) is 10.2 Å². The van der Waals surface area contributed by atoms with Gasteiger partial charge >= 0.3 is 6.18 Å². The number of ether oxygens (including phenoxy) is 1. The molecule has 0 radical (unpaired) electrons. The number of rotatable bonds is 5. The lowest BCUT2D eigenvalue weighted by Gasteiger charge is -2.13. The summed E-state index contributed by atoms with van der Waals surface area (Å²) in [4.78, 5) is 4.93. The van der Waals surface area contributed by atoms with Gasteiger partial charge in [0.2, 0.25) is 0 Å². The van der Waals surface area contributed by atoms with Gasteiger partial charge in [0, 0.05) is 16.8 Å². The molecule has 0 atom stereocenters. The third-order valence-electron chi connectivity index (χ3n) is 3.39. The van der Waals surface area contributed by atoms with Gasteiger partial charge in [-0.15, -0.1) is 11.3 Å². The first-order valence-corrected chi connectivity index (χ1v) is 9.35. The molecule has 0 bridgehead atoms. The summed E-state index contributed by atoms with van der Waals surface area (Å²) >= 11 is 19.0. The fraction of sp³-hybridized carbons (Fsp3) is 0.118. The van der Waals surface area contributed by atoms with Crippen LogP contribution in [0.1, 0.15) is 10.4 Å². The van der Waals surface area contributed by atoms with Crippen molar-refractivity contribution in [3.05, 3.63) is 67.5 Å². The van der Waals surface area contributed by atoms with Crippen LogP contribution in [0.5, 0.6) is 11.5 Å². The number of hydrogen-bond acceptors (Lipinski definition) is 4. The second kappa shape index (κ2) is 8.14. The SMILES string of the molecule is FC(F)(F)c1cc(Cl)c(Oc2ccc(NCc3cnc(Cl)s3)cc2)c(Cl)c1. The maximum Gasteiger partial charge on any atom is 0.416 e. The lowest BCUT2D eigenvalue weighted by atomic mass is 10.2. The van der Waals surface area contributed by atoms with Gasteiger partial charge in [-0.2, -0.15) is 13.2 Å². The highest BCUT2D eigenvalue weighted by atomic mass is 35.5. The largest absolute Gasteiger partial charge is 0.454 e. The number of thiazole rings is 1. The van der Waals surface area contributed by atoms with E-state index >= 15 is 0 Å². The van der Waals surface area contributed by atoms with Crippen LogP contribution in [0.15, 0.2) is 42.6 Å². The quantitative estimate of drug-likeness (QED) is 0.433. The third kappa shape index (κ3) is 5.19. The first-order chi connectivity index (χ1) is 12.7. The standard InChI is InChI=1S/C17H10Cl3F3N2OS/c18-13-5-9(17(21,22)23)6-14(19)15(13)26-11-3-1-10(2-4-11)24-7-12-8-25-16(20)27-12/h1-6,8,24H,7H2. The molecule has 27 heavy (non-hydrogen) atoms. The number of aromatic nitrogens is 1. The average molecular weight is 454 g/mol. The molecule has 0 amide bonds. The Morgan fingerprint density at radius 1 is 1.04 bits per heavy atom. The number of anilines is 1. The minimum Gasteiger partial charge on any atom is -0.454 e. The summed E-state index contributed by atoms with van der Waals surface area (Å²) in [6.45, 7) is 0.557. The van der Waals surface area contributed by atoms with E-state index in [1.807, 2.05) is 0 Å². The highest BCUT2D eigenvalue weighted by Gasteiger charge is 2.32. The van der Waals surface area contributed by atoms with Gasteiger partial charge in [0.25, 0.3) is 0 Å². The molecule has 0 unspecified atom stereocenters. The predicted octanol–water partition coefficient (Wildman–Crippen LogP) is 7.53. The van der Waals surface area contributed by atoms with Gasteiger partial charge in [-0.25, -0.2) is 4.98 Å². The van der Waals surface area contributed by atoms with Gasteiger partial charge < -0.3 is 10.1 Å². The second-order valence-corrected chi connectivity index (χ2v) is 7.84. The van der Waals surface area contributed by atoms with E-state index < -0.39 is 11.7 Å². The maximum atomic E-state index is 12.8. The molecule has 0 spiro atoms. The molecular formula is C17H10Cl3F3N2OS. The van der Waals surface area contributed by atoms with Crippen LogP contribution in [0.3, 0.4) is 0 Å². The lowest BCUT2D eigenvalue weighted by molar-refractivity contribution is -0.137. The van der Waals surface area contributed by atoms with Gasteiger partial charge in [-0.3, -0.25) is 0 Å². The predicted molar refractivity (Wildman–Crippen MR) is 102 cm³/mol. The van der Waals surface area contributed by atoms with E-state index in [-0.39, 0.29) is 15.8 Å². The Balaban J connectivity index is 1.69. The number of halogens is 6. The van der Waals surface area contributed by atoms with E-state index in [1.54, 1.807) is 30.5 Å². The summed E-state index contributed by atoms with van der Waals surface area (Å²) in [5.41, 5.74) is -0.121. The van der Waals surface area contributed by atoms with Gasteiger partial charge in [0.1, 0.15) is 5.75 Å². The third-order valence-corrected chi connectivity index (χ3v) is 5.07. The van der Waals surface area contributed by atoms with Crippen molar-refractivity contribution in [1.29, 1.82) is 0 Å². The van der Waals surface area contributed by atoms with E-state index in [9.17, 15) is 13.2 Å². The van der Waals surface area contributed by atoms with Crippen molar-refractivity contribution in [3.8, 4) is 11.5 Å². The van der Waals surface area contributed by atoms with E-state index in [0.29, 0.717) is 16.8 Å². The van der Waals surface area contributed by atoms with Gasteiger partial charge in [0.05, 0.1) is 22.2 Å². The minimum atomic E-state index is -4.54. The lowest BCUT2D eigenvalue weighted by Crippen LogP contribution is -2.05. The Morgan fingerprint density at radius 2 is 1.67 bits per heavy atom. The minimum absolute atomic E-state index is 0.0358. The summed E-state index contributed by atoms with van der Waals surface area (Å²) in [6.07, 6.45) is -2.85. The normalized spacial score (nSPS) is 11.5. The molecule has 3 aromatic rings. The molecule has 1 aromatic heterocycles. The number of nitrogens with zero attached hydrogens (tertiary/aromatic N) is 1. The molecule has 0 fully saturated rings. The molecule has 142 valence electrons. The van der Waals surface area contributed by atoms with Crippen molar-refractivity contribution < 1.29 is 17.9 Å². The summed E-state index contributed by atoms with van der Waals surface area (Å²) in [7, 11) is 0. The highest BCUT2D eigenvalue weighted by molar-refractivity contribution is 7.15. The molecule has 0 aliphatic rings. The van der Waals surface area contributed by atoms with Gasteiger partial charge in [-0.05, 0) is 36.4 Å². The monoisotopic (exact) mass is 452 g/mol. The van der Waals surface area contributed by atoms with Gasteiger partial charge in [-0.1, -0.05) is 34.8 Å². The zero-order valence-electron chi connectivity index (χ0n) is 13.3. The first-order valence-electron chi connectivity index (χ1n) is 7.40. The van der Waals surface area contributed by atoms with Crippen LogP contribution < -0.4 is 10.1 Å². The Bertz CT molecular complexity index is 922. The van der Waals surface area contributed by atoms with Crippen molar-refractivity contribution in [2.45, 2.75) is 12.7 Å². The van der Waals surface area contributed by atoms with Crippen LogP contribution >= 0.6 is 46.1 Å². The van der Waals surface area contributed by atoms with Crippen LogP contribution in [-0.2, 0) is 12.7 Å². The number of alkyl halides is 3. The molecule has 3 rings (SSSR count). The molecule has 3 nitrogen and oxygen atoms in total. The van der Waals surface area contributed by atoms with Crippen LogP contribution in [-0.4, -0.2) is 4.98 Å². The fourth-order valence-electron chi connectivity index (χ4n) is 2.13. The first kappa shape index (κ1) is 20.1. The Kier molecular flexibility index (Phi) is 6.05. The Hall–Kier alpha value is -1.67. The van der Waals surface area contributed by atoms with E-state index in [4.69, 9.17) is 39.5 Å². The maximum absolute atomic E-state index is 12.8. The molecule has 0 saturated heterocycles. The molecular weight excluding hydrogens is 444 g/mol. The zero-order valence-corrected chi connectivity index (χ0v) is 16.4.